The van der Waals surface area contributed by atoms with Gasteiger partial charge in [-0.15, -0.1) is 11.6 Å². The number of alkyl halides is 1. The first-order valence-corrected chi connectivity index (χ1v) is 4.13. The zero-order valence-corrected chi connectivity index (χ0v) is 7.30. The zero-order chi connectivity index (χ0) is 8.69. The first kappa shape index (κ1) is 10.7. The molecule has 0 bridgehead atoms. The van der Waals surface area contributed by atoms with Crippen LogP contribution in [-0.4, -0.2) is 29.7 Å². The topological polar surface area (TPSA) is 46.5 Å². The molecule has 11 heavy (non-hydrogen) atoms. The van der Waals surface area contributed by atoms with Crippen molar-refractivity contribution in [2.45, 2.75) is 25.9 Å². The van der Waals surface area contributed by atoms with Crippen molar-refractivity contribution < 1.29 is 14.6 Å². The Bertz CT molecular complexity index is 116. The van der Waals surface area contributed by atoms with Gasteiger partial charge in [-0.3, -0.25) is 4.79 Å². The Kier molecular flexibility index (Phi) is 6.27. The summed E-state index contributed by atoms with van der Waals surface area (Å²) < 4.78 is 4.71. The highest BCUT2D eigenvalue weighted by Gasteiger charge is 2.09. The van der Waals surface area contributed by atoms with Gasteiger partial charge in [0.2, 0.25) is 0 Å². The second kappa shape index (κ2) is 6.43. The predicted molar refractivity (Wildman–Crippen MR) is 42.6 cm³/mol. The van der Waals surface area contributed by atoms with Crippen molar-refractivity contribution in [1.29, 1.82) is 0 Å². The Labute approximate surface area is 71.3 Å². The lowest BCUT2D eigenvalue weighted by atomic mass is 10.3. The fourth-order valence-electron chi connectivity index (χ4n) is 0.522. The largest absolute Gasteiger partial charge is 0.466 e. The standard InChI is InChI=1S/C7H13ClO3/c1-2-3-11-7(10)4-6(9)5-8/h6,9H,2-5H2,1H3/t6-/m0/s1. The molecule has 0 radical (unpaired) electrons. The summed E-state index contributed by atoms with van der Waals surface area (Å²) in [6, 6.07) is 0. The number of aliphatic hydroxyl groups is 1. The number of ether oxygens (including phenoxy) is 1. The number of esters is 1. The van der Waals surface area contributed by atoms with Gasteiger partial charge < -0.3 is 9.84 Å². The summed E-state index contributed by atoms with van der Waals surface area (Å²) in [5.74, 6) is -0.318. The molecule has 0 aromatic heterocycles. The molecule has 66 valence electrons. The van der Waals surface area contributed by atoms with Crippen LogP contribution in [0.25, 0.3) is 0 Å². The number of hydrogen-bond donors (Lipinski definition) is 1. The molecule has 0 rings (SSSR count). The average Bonchev–Trinajstić information content (AvgIpc) is 2.00. The fourth-order valence-corrected chi connectivity index (χ4v) is 0.631. The van der Waals surface area contributed by atoms with Crippen molar-refractivity contribution in [3.8, 4) is 0 Å². The van der Waals surface area contributed by atoms with Gasteiger partial charge in [0, 0.05) is 5.88 Å². The smallest absolute Gasteiger partial charge is 0.308 e. The highest BCUT2D eigenvalue weighted by Crippen LogP contribution is 1.97. The molecular formula is C7H13ClO3. The van der Waals surface area contributed by atoms with E-state index in [0.717, 1.165) is 6.42 Å². The lowest BCUT2D eigenvalue weighted by Crippen LogP contribution is -2.17. The van der Waals surface area contributed by atoms with Crippen molar-refractivity contribution in [1.82, 2.24) is 0 Å². The molecule has 0 fully saturated rings. The van der Waals surface area contributed by atoms with E-state index in [1.807, 2.05) is 6.92 Å². The summed E-state index contributed by atoms with van der Waals surface area (Å²) in [6.45, 7) is 2.32. The van der Waals surface area contributed by atoms with E-state index in [2.05, 4.69) is 0 Å². The Morgan fingerprint density at radius 1 is 1.73 bits per heavy atom. The lowest BCUT2D eigenvalue weighted by molar-refractivity contribution is -0.145. The molecule has 3 nitrogen and oxygen atoms in total. The van der Waals surface area contributed by atoms with Gasteiger partial charge in [0.1, 0.15) is 0 Å². The van der Waals surface area contributed by atoms with Crippen LogP contribution in [0.3, 0.4) is 0 Å². The maximum absolute atomic E-state index is 10.7. The van der Waals surface area contributed by atoms with Crippen LogP contribution in [-0.2, 0) is 9.53 Å². The van der Waals surface area contributed by atoms with E-state index in [1.54, 1.807) is 0 Å². The normalized spacial score (nSPS) is 12.6. The van der Waals surface area contributed by atoms with E-state index < -0.39 is 6.10 Å². The van der Waals surface area contributed by atoms with E-state index in [9.17, 15) is 4.79 Å². The third-order valence-corrected chi connectivity index (χ3v) is 1.40. The molecule has 0 aliphatic heterocycles. The van der Waals surface area contributed by atoms with Crippen LogP contribution in [0, 0.1) is 0 Å². The first-order chi connectivity index (χ1) is 5.20. The van der Waals surface area contributed by atoms with Gasteiger partial charge in [-0.05, 0) is 6.42 Å². The molecular weight excluding hydrogens is 168 g/mol. The summed E-state index contributed by atoms with van der Waals surface area (Å²) in [5, 5.41) is 8.89. The molecule has 0 aromatic carbocycles. The van der Waals surface area contributed by atoms with Crippen LogP contribution in [0.1, 0.15) is 19.8 Å². The molecule has 1 atom stereocenters. The first-order valence-electron chi connectivity index (χ1n) is 3.60. The number of aliphatic hydroxyl groups excluding tert-OH is 1. The van der Waals surface area contributed by atoms with Gasteiger partial charge >= 0.3 is 5.97 Å². The second-order valence-electron chi connectivity index (χ2n) is 2.23. The minimum atomic E-state index is -0.777. The van der Waals surface area contributed by atoms with Gasteiger partial charge in [-0.1, -0.05) is 6.92 Å². The van der Waals surface area contributed by atoms with Crippen molar-refractivity contribution >= 4 is 17.6 Å². The van der Waals surface area contributed by atoms with Gasteiger partial charge in [0.05, 0.1) is 19.1 Å². The van der Waals surface area contributed by atoms with Gasteiger partial charge in [0.25, 0.3) is 0 Å². The van der Waals surface area contributed by atoms with E-state index in [4.69, 9.17) is 21.4 Å². The summed E-state index contributed by atoms with van der Waals surface area (Å²) in [4.78, 5) is 10.7. The maximum Gasteiger partial charge on any atom is 0.308 e. The zero-order valence-electron chi connectivity index (χ0n) is 6.55. The van der Waals surface area contributed by atoms with E-state index >= 15 is 0 Å². The Morgan fingerprint density at radius 2 is 2.36 bits per heavy atom. The molecule has 0 aliphatic carbocycles. The third-order valence-electron chi connectivity index (χ3n) is 1.05. The van der Waals surface area contributed by atoms with E-state index in [0.29, 0.717) is 6.61 Å². The molecule has 1 N–H and O–H groups in total. The summed E-state index contributed by atoms with van der Waals surface area (Å²) in [7, 11) is 0. The molecule has 0 amide bonds. The van der Waals surface area contributed by atoms with E-state index in [-0.39, 0.29) is 18.3 Å². The van der Waals surface area contributed by atoms with Crippen LogP contribution in [0.15, 0.2) is 0 Å². The number of carbonyl (C=O) groups excluding carboxylic acids is 1. The minimum absolute atomic E-state index is 0.0104. The summed E-state index contributed by atoms with van der Waals surface area (Å²) in [5.41, 5.74) is 0. The maximum atomic E-state index is 10.7. The molecule has 0 heterocycles. The number of rotatable bonds is 5. The number of hydrogen-bond acceptors (Lipinski definition) is 3. The van der Waals surface area contributed by atoms with Crippen LogP contribution in [0.5, 0.6) is 0 Å². The molecule has 4 heteroatoms. The fraction of sp³-hybridized carbons (Fsp3) is 0.857. The second-order valence-corrected chi connectivity index (χ2v) is 2.54. The summed E-state index contributed by atoms with van der Waals surface area (Å²) >= 11 is 5.27. The Balaban J connectivity index is 3.36. The highest BCUT2D eigenvalue weighted by molar-refractivity contribution is 6.18. The molecule has 0 saturated carbocycles. The monoisotopic (exact) mass is 180 g/mol. The predicted octanol–water partition coefficient (Wildman–Crippen LogP) is 0.929. The number of carbonyl (C=O) groups is 1. The molecule has 0 aromatic rings. The van der Waals surface area contributed by atoms with Gasteiger partial charge in [-0.2, -0.15) is 0 Å². The summed E-state index contributed by atoms with van der Waals surface area (Å²) in [6.07, 6.45) is 0.00711. The number of halogens is 1. The van der Waals surface area contributed by atoms with Crippen LogP contribution in [0.2, 0.25) is 0 Å². The minimum Gasteiger partial charge on any atom is -0.466 e. The Hall–Kier alpha value is -0.280. The Morgan fingerprint density at radius 3 is 2.82 bits per heavy atom. The van der Waals surface area contributed by atoms with E-state index in [1.165, 1.54) is 0 Å². The van der Waals surface area contributed by atoms with Crippen molar-refractivity contribution in [2.75, 3.05) is 12.5 Å². The van der Waals surface area contributed by atoms with Crippen molar-refractivity contribution in [3.05, 3.63) is 0 Å². The molecule has 0 saturated heterocycles. The van der Waals surface area contributed by atoms with Gasteiger partial charge in [0.15, 0.2) is 0 Å². The molecule has 0 spiro atoms. The lowest BCUT2D eigenvalue weighted by Gasteiger charge is -2.05. The van der Waals surface area contributed by atoms with Crippen molar-refractivity contribution in [3.63, 3.8) is 0 Å². The highest BCUT2D eigenvalue weighted by atomic mass is 35.5. The third kappa shape index (κ3) is 6.13. The van der Waals surface area contributed by atoms with Crippen LogP contribution >= 0.6 is 11.6 Å². The van der Waals surface area contributed by atoms with Crippen LogP contribution < -0.4 is 0 Å². The van der Waals surface area contributed by atoms with Crippen molar-refractivity contribution in [2.24, 2.45) is 0 Å². The van der Waals surface area contributed by atoms with Gasteiger partial charge in [-0.25, -0.2) is 0 Å². The SMILES string of the molecule is CCCOC(=O)C[C@H](O)CCl. The molecule has 0 unspecified atom stereocenters. The average molecular weight is 181 g/mol. The van der Waals surface area contributed by atoms with Crippen LogP contribution in [0.4, 0.5) is 0 Å². The quantitative estimate of drug-likeness (QED) is 0.506. The molecule has 0 aliphatic rings.